The van der Waals surface area contributed by atoms with Crippen LogP contribution in [0.25, 0.3) is 0 Å². The van der Waals surface area contributed by atoms with Gasteiger partial charge in [0.25, 0.3) is 0 Å². The first kappa shape index (κ1) is 13.2. The van der Waals surface area contributed by atoms with E-state index in [4.69, 9.17) is 0 Å². The fourth-order valence-electron chi connectivity index (χ4n) is 1.79. The van der Waals surface area contributed by atoms with Crippen LogP contribution in [-0.2, 0) is 6.42 Å². The highest BCUT2D eigenvalue weighted by atomic mass is 14.9. The topological polar surface area (TPSA) is 12.0 Å². The molecule has 0 amide bonds. The van der Waals surface area contributed by atoms with Crippen LogP contribution in [-0.4, -0.2) is 12.6 Å². The molecule has 0 spiro atoms. The van der Waals surface area contributed by atoms with Crippen molar-refractivity contribution in [3.05, 3.63) is 35.4 Å². The van der Waals surface area contributed by atoms with Crippen LogP contribution < -0.4 is 5.32 Å². The van der Waals surface area contributed by atoms with E-state index in [1.165, 1.54) is 24.0 Å². The van der Waals surface area contributed by atoms with E-state index in [2.05, 4.69) is 57.3 Å². The zero-order valence-electron chi connectivity index (χ0n) is 11.1. The first-order chi connectivity index (χ1) is 7.58. The summed E-state index contributed by atoms with van der Waals surface area (Å²) in [4.78, 5) is 0. The van der Waals surface area contributed by atoms with Gasteiger partial charge in [0, 0.05) is 6.04 Å². The summed E-state index contributed by atoms with van der Waals surface area (Å²) in [6.45, 7) is 10.1. The predicted octanol–water partition coefficient (Wildman–Crippen LogP) is 3.56. The Balaban J connectivity index is 2.28. The minimum absolute atomic E-state index is 0.614. The largest absolute Gasteiger partial charge is 0.314 e. The summed E-state index contributed by atoms with van der Waals surface area (Å²) in [5.74, 6) is 0.737. The van der Waals surface area contributed by atoms with Crippen molar-refractivity contribution in [2.75, 3.05) is 6.54 Å². The molecule has 0 aromatic heterocycles. The molecule has 16 heavy (non-hydrogen) atoms. The average molecular weight is 219 g/mol. The van der Waals surface area contributed by atoms with Gasteiger partial charge in [-0.1, -0.05) is 43.7 Å². The Bertz CT molecular complexity index is 304. The summed E-state index contributed by atoms with van der Waals surface area (Å²) in [6, 6.07) is 9.43. The molecule has 1 heteroatoms. The van der Waals surface area contributed by atoms with Gasteiger partial charge in [0.15, 0.2) is 0 Å². The summed E-state index contributed by atoms with van der Waals surface area (Å²) in [6.07, 6.45) is 2.39. The van der Waals surface area contributed by atoms with Crippen LogP contribution in [0.15, 0.2) is 24.3 Å². The summed E-state index contributed by atoms with van der Waals surface area (Å²) >= 11 is 0. The number of nitrogens with one attached hydrogen (secondary N) is 1. The Morgan fingerprint density at radius 2 is 1.94 bits per heavy atom. The van der Waals surface area contributed by atoms with Crippen molar-refractivity contribution in [3.8, 4) is 0 Å². The van der Waals surface area contributed by atoms with E-state index in [0.717, 1.165) is 12.5 Å². The Kier molecular flexibility index (Phi) is 5.54. The van der Waals surface area contributed by atoms with Crippen molar-refractivity contribution in [2.45, 2.75) is 46.6 Å². The van der Waals surface area contributed by atoms with Gasteiger partial charge in [-0.2, -0.15) is 0 Å². The Labute approximate surface area is 100 Å². The van der Waals surface area contributed by atoms with E-state index in [-0.39, 0.29) is 0 Å². The lowest BCUT2D eigenvalue weighted by Crippen LogP contribution is -2.29. The van der Waals surface area contributed by atoms with Crippen molar-refractivity contribution in [1.82, 2.24) is 5.32 Å². The van der Waals surface area contributed by atoms with Crippen LogP contribution in [0.5, 0.6) is 0 Å². The molecule has 0 saturated heterocycles. The SMILES string of the molecule is Cc1cccc(CCC(C)NCC(C)C)c1. The Morgan fingerprint density at radius 3 is 2.56 bits per heavy atom. The smallest absolute Gasteiger partial charge is 0.00420 e. The predicted molar refractivity (Wildman–Crippen MR) is 71.8 cm³/mol. The molecule has 1 nitrogen and oxygen atoms in total. The summed E-state index contributed by atoms with van der Waals surface area (Å²) in [5, 5.41) is 3.57. The molecular formula is C15H25N. The minimum atomic E-state index is 0.614. The van der Waals surface area contributed by atoms with Gasteiger partial charge in [-0.05, 0) is 44.7 Å². The van der Waals surface area contributed by atoms with Crippen LogP contribution in [0, 0.1) is 12.8 Å². The lowest BCUT2D eigenvalue weighted by Gasteiger charge is -2.15. The third-order valence-corrected chi connectivity index (χ3v) is 2.82. The fraction of sp³-hybridized carbons (Fsp3) is 0.600. The van der Waals surface area contributed by atoms with Gasteiger partial charge in [-0.15, -0.1) is 0 Å². The van der Waals surface area contributed by atoms with E-state index in [1.54, 1.807) is 0 Å². The second kappa shape index (κ2) is 6.70. The van der Waals surface area contributed by atoms with Crippen LogP contribution in [0.2, 0.25) is 0 Å². The number of rotatable bonds is 6. The molecule has 0 heterocycles. The van der Waals surface area contributed by atoms with E-state index in [1.807, 2.05) is 0 Å². The van der Waals surface area contributed by atoms with E-state index < -0.39 is 0 Å². The van der Waals surface area contributed by atoms with E-state index >= 15 is 0 Å². The van der Waals surface area contributed by atoms with Gasteiger partial charge in [0.05, 0.1) is 0 Å². The highest BCUT2D eigenvalue weighted by molar-refractivity contribution is 5.22. The molecule has 0 radical (unpaired) electrons. The highest BCUT2D eigenvalue weighted by Crippen LogP contribution is 2.08. The lowest BCUT2D eigenvalue weighted by molar-refractivity contribution is 0.464. The Morgan fingerprint density at radius 1 is 1.19 bits per heavy atom. The molecule has 1 aromatic rings. The first-order valence-corrected chi connectivity index (χ1v) is 6.37. The fourth-order valence-corrected chi connectivity index (χ4v) is 1.79. The van der Waals surface area contributed by atoms with E-state index in [0.29, 0.717) is 6.04 Å². The van der Waals surface area contributed by atoms with Crippen LogP contribution >= 0.6 is 0 Å². The van der Waals surface area contributed by atoms with Crippen LogP contribution in [0.1, 0.15) is 38.3 Å². The third kappa shape index (κ3) is 5.32. The van der Waals surface area contributed by atoms with Crippen molar-refractivity contribution >= 4 is 0 Å². The third-order valence-electron chi connectivity index (χ3n) is 2.82. The van der Waals surface area contributed by atoms with Gasteiger partial charge in [0.1, 0.15) is 0 Å². The molecule has 1 unspecified atom stereocenters. The van der Waals surface area contributed by atoms with Crippen LogP contribution in [0.3, 0.4) is 0 Å². The molecular weight excluding hydrogens is 194 g/mol. The molecule has 0 aliphatic rings. The van der Waals surface area contributed by atoms with Gasteiger partial charge in [-0.25, -0.2) is 0 Å². The first-order valence-electron chi connectivity index (χ1n) is 6.37. The average Bonchev–Trinajstić information content (AvgIpc) is 2.23. The van der Waals surface area contributed by atoms with Crippen molar-refractivity contribution < 1.29 is 0 Å². The summed E-state index contributed by atoms with van der Waals surface area (Å²) in [5.41, 5.74) is 2.82. The minimum Gasteiger partial charge on any atom is -0.314 e. The number of benzene rings is 1. The maximum Gasteiger partial charge on any atom is 0.00420 e. The Hall–Kier alpha value is -0.820. The molecule has 0 saturated carbocycles. The molecule has 0 fully saturated rings. The second-order valence-corrected chi connectivity index (χ2v) is 5.23. The standard InChI is InChI=1S/C15H25N/c1-12(2)11-16-14(4)8-9-15-7-5-6-13(3)10-15/h5-7,10,12,14,16H,8-9,11H2,1-4H3. The highest BCUT2D eigenvalue weighted by Gasteiger charge is 2.03. The van der Waals surface area contributed by atoms with Gasteiger partial charge in [-0.3, -0.25) is 0 Å². The molecule has 1 aromatic carbocycles. The second-order valence-electron chi connectivity index (χ2n) is 5.23. The van der Waals surface area contributed by atoms with Crippen molar-refractivity contribution in [2.24, 2.45) is 5.92 Å². The molecule has 1 atom stereocenters. The van der Waals surface area contributed by atoms with Crippen LogP contribution in [0.4, 0.5) is 0 Å². The number of hydrogen-bond donors (Lipinski definition) is 1. The molecule has 0 aliphatic heterocycles. The maximum absolute atomic E-state index is 3.57. The maximum atomic E-state index is 3.57. The number of aryl methyl sites for hydroxylation is 2. The molecule has 1 rings (SSSR count). The van der Waals surface area contributed by atoms with Gasteiger partial charge >= 0.3 is 0 Å². The monoisotopic (exact) mass is 219 g/mol. The lowest BCUT2D eigenvalue weighted by atomic mass is 10.0. The van der Waals surface area contributed by atoms with Crippen molar-refractivity contribution in [1.29, 1.82) is 0 Å². The van der Waals surface area contributed by atoms with Gasteiger partial charge in [0.2, 0.25) is 0 Å². The zero-order valence-corrected chi connectivity index (χ0v) is 11.1. The van der Waals surface area contributed by atoms with E-state index in [9.17, 15) is 0 Å². The molecule has 0 bridgehead atoms. The normalized spacial score (nSPS) is 13.1. The quantitative estimate of drug-likeness (QED) is 0.771. The molecule has 90 valence electrons. The summed E-state index contributed by atoms with van der Waals surface area (Å²) in [7, 11) is 0. The molecule has 1 N–H and O–H groups in total. The summed E-state index contributed by atoms with van der Waals surface area (Å²) < 4.78 is 0. The van der Waals surface area contributed by atoms with Crippen molar-refractivity contribution in [3.63, 3.8) is 0 Å². The molecule has 0 aliphatic carbocycles. The zero-order chi connectivity index (χ0) is 12.0. The van der Waals surface area contributed by atoms with Gasteiger partial charge < -0.3 is 5.32 Å². The number of hydrogen-bond acceptors (Lipinski definition) is 1.